The number of hydrogen-bond donors (Lipinski definition) is 1. The molecule has 0 spiro atoms. The number of aliphatic hydroxyl groups excluding tert-OH is 1. The number of aryl methyl sites for hydroxylation is 1. The predicted molar refractivity (Wildman–Crippen MR) is 74.6 cm³/mol. The second-order valence-electron chi connectivity index (χ2n) is 4.52. The number of halogens is 1. The molecule has 0 fully saturated rings. The minimum Gasteiger partial charge on any atom is -0.388 e. The summed E-state index contributed by atoms with van der Waals surface area (Å²) in [5.41, 5.74) is 3.76. The van der Waals surface area contributed by atoms with Crippen LogP contribution in [0.1, 0.15) is 33.6 Å². The van der Waals surface area contributed by atoms with Crippen LogP contribution in [-0.4, -0.2) is 5.11 Å². The third-order valence-electron chi connectivity index (χ3n) is 3.52. The van der Waals surface area contributed by atoms with E-state index in [0.717, 1.165) is 15.8 Å². The number of fused-ring (bicyclic) bond motifs is 1. The van der Waals surface area contributed by atoms with E-state index in [1.54, 1.807) is 11.3 Å². The smallest absolute Gasteiger partial charge is 0.0872 e. The van der Waals surface area contributed by atoms with E-state index >= 15 is 0 Å². The molecule has 2 unspecified atom stereocenters. The summed E-state index contributed by atoms with van der Waals surface area (Å²) in [7, 11) is 0. The van der Waals surface area contributed by atoms with Crippen molar-refractivity contribution in [2.24, 2.45) is 0 Å². The number of thiophene rings is 1. The summed E-state index contributed by atoms with van der Waals surface area (Å²) in [6.45, 7) is 2.07. The van der Waals surface area contributed by atoms with Gasteiger partial charge < -0.3 is 5.11 Å². The van der Waals surface area contributed by atoms with Crippen LogP contribution in [0.3, 0.4) is 0 Å². The molecule has 1 aliphatic rings. The number of rotatable bonds is 2. The first-order valence-corrected chi connectivity index (χ1v) is 7.29. The highest BCUT2D eigenvalue weighted by atomic mass is 79.9. The summed E-state index contributed by atoms with van der Waals surface area (Å²) in [6, 6.07) is 10.4. The average Bonchev–Trinajstić information content (AvgIpc) is 2.59. The second-order valence-corrected chi connectivity index (χ2v) is 7.15. The first-order chi connectivity index (χ1) is 8.16. The van der Waals surface area contributed by atoms with Crippen molar-refractivity contribution < 1.29 is 5.11 Å². The molecule has 0 saturated heterocycles. The maximum absolute atomic E-state index is 10.5. The molecule has 0 bridgehead atoms. The number of hydrogen-bond acceptors (Lipinski definition) is 2. The molecule has 0 amide bonds. The molecule has 0 radical (unpaired) electrons. The molecule has 1 aromatic carbocycles. The van der Waals surface area contributed by atoms with Gasteiger partial charge in [0.15, 0.2) is 0 Å². The van der Waals surface area contributed by atoms with Gasteiger partial charge in [0.05, 0.1) is 9.89 Å². The Bertz CT molecular complexity index is 561. The van der Waals surface area contributed by atoms with E-state index in [0.29, 0.717) is 0 Å². The van der Waals surface area contributed by atoms with Gasteiger partial charge in [0.2, 0.25) is 0 Å². The topological polar surface area (TPSA) is 20.2 Å². The molecule has 2 aromatic rings. The van der Waals surface area contributed by atoms with Crippen LogP contribution in [0.5, 0.6) is 0 Å². The van der Waals surface area contributed by atoms with E-state index in [-0.39, 0.29) is 12.0 Å². The van der Waals surface area contributed by atoms with Gasteiger partial charge in [-0.3, -0.25) is 0 Å². The van der Waals surface area contributed by atoms with Gasteiger partial charge in [0, 0.05) is 10.8 Å². The highest BCUT2D eigenvalue weighted by Crippen LogP contribution is 2.45. The van der Waals surface area contributed by atoms with Crippen molar-refractivity contribution in [3.63, 3.8) is 0 Å². The van der Waals surface area contributed by atoms with Gasteiger partial charge >= 0.3 is 0 Å². The van der Waals surface area contributed by atoms with Crippen LogP contribution in [0.15, 0.2) is 34.1 Å². The normalized spacial score (nSPS) is 19.6. The molecule has 1 aliphatic carbocycles. The summed E-state index contributed by atoms with van der Waals surface area (Å²) in [5, 5.41) is 10.5. The van der Waals surface area contributed by atoms with Gasteiger partial charge in [-0.05, 0) is 52.0 Å². The molecular formula is C14H13BrOS. The zero-order valence-electron chi connectivity index (χ0n) is 9.48. The lowest BCUT2D eigenvalue weighted by Gasteiger charge is -2.34. The Hall–Kier alpha value is -0.640. The molecule has 3 heteroatoms. The van der Waals surface area contributed by atoms with Gasteiger partial charge in [-0.25, -0.2) is 0 Å². The fourth-order valence-electron chi connectivity index (χ4n) is 2.55. The van der Waals surface area contributed by atoms with Crippen LogP contribution < -0.4 is 0 Å². The lowest BCUT2D eigenvalue weighted by Crippen LogP contribution is -2.23. The van der Waals surface area contributed by atoms with Crippen LogP contribution in [0.4, 0.5) is 0 Å². The number of benzene rings is 1. The zero-order valence-corrected chi connectivity index (χ0v) is 11.9. The van der Waals surface area contributed by atoms with Crippen LogP contribution in [0.2, 0.25) is 0 Å². The number of aliphatic hydroxyl groups is 1. The van der Waals surface area contributed by atoms with Gasteiger partial charge in [0.1, 0.15) is 0 Å². The van der Waals surface area contributed by atoms with Crippen molar-refractivity contribution in [3.8, 4) is 0 Å². The molecule has 3 rings (SSSR count). The van der Waals surface area contributed by atoms with Crippen molar-refractivity contribution in [3.05, 3.63) is 55.7 Å². The Kier molecular flexibility index (Phi) is 2.85. The van der Waals surface area contributed by atoms with Gasteiger partial charge in [0.25, 0.3) is 0 Å². The van der Waals surface area contributed by atoms with E-state index in [4.69, 9.17) is 0 Å². The quantitative estimate of drug-likeness (QED) is 0.882. The predicted octanol–water partition coefficient (Wildman–Crippen LogP) is 4.19. The SMILES string of the molecule is Cc1sc(Br)cc1C(O)C1Cc2ccccc21. The molecule has 1 aromatic heterocycles. The largest absolute Gasteiger partial charge is 0.388 e. The summed E-state index contributed by atoms with van der Waals surface area (Å²) in [4.78, 5) is 1.20. The Balaban J connectivity index is 1.91. The Labute approximate surface area is 113 Å². The van der Waals surface area contributed by atoms with Crippen LogP contribution in [0.25, 0.3) is 0 Å². The lowest BCUT2D eigenvalue weighted by molar-refractivity contribution is 0.134. The Morgan fingerprint density at radius 3 is 2.82 bits per heavy atom. The first kappa shape index (κ1) is 11.5. The standard InChI is InChI=1S/C14H13BrOS/c1-8-11(7-13(15)17-8)14(16)12-6-9-4-2-3-5-10(9)12/h2-5,7,12,14,16H,6H2,1H3. The molecule has 0 saturated carbocycles. The zero-order chi connectivity index (χ0) is 12.0. The Morgan fingerprint density at radius 2 is 2.18 bits per heavy atom. The van der Waals surface area contributed by atoms with Crippen molar-refractivity contribution in [2.45, 2.75) is 25.4 Å². The summed E-state index contributed by atoms with van der Waals surface area (Å²) >= 11 is 5.17. The maximum Gasteiger partial charge on any atom is 0.0872 e. The minimum atomic E-state index is -0.368. The van der Waals surface area contributed by atoms with E-state index in [9.17, 15) is 5.11 Å². The summed E-state index contributed by atoms with van der Waals surface area (Å²) < 4.78 is 1.09. The minimum absolute atomic E-state index is 0.270. The van der Waals surface area contributed by atoms with Gasteiger partial charge in [-0.15, -0.1) is 11.3 Å². The fraction of sp³-hybridized carbons (Fsp3) is 0.286. The highest BCUT2D eigenvalue weighted by Gasteiger charge is 2.33. The third kappa shape index (κ3) is 1.86. The van der Waals surface area contributed by atoms with E-state index in [2.05, 4.69) is 41.1 Å². The molecule has 17 heavy (non-hydrogen) atoms. The molecule has 2 atom stereocenters. The van der Waals surface area contributed by atoms with Crippen molar-refractivity contribution in [1.82, 2.24) is 0 Å². The van der Waals surface area contributed by atoms with Gasteiger partial charge in [-0.1, -0.05) is 24.3 Å². The maximum atomic E-state index is 10.5. The Morgan fingerprint density at radius 1 is 1.41 bits per heavy atom. The summed E-state index contributed by atoms with van der Waals surface area (Å²) in [5.74, 6) is 0.270. The summed E-state index contributed by atoms with van der Waals surface area (Å²) in [6.07, 6.45) is 0.622. The molecule has 1 N–H and O–H groups in total. The van der Waals surface area contributed by atoms with Crippen molar-refractivity contribution >= 4 is 27.3 Å². The molecule has 0 aliphatic heterocycles. The van der Waals surface area contributed by atoms with Gasteiger partial charge in [-0.2, -0.15) is 0 Å². The molecule has 1 heterocycles. The van der Waals surface area contributed by atoms with Crippen molar-refractivity contribution in [2.75, 3.05) is 0 Å². The van der Waals surface area contributed by atoms with Crippen LogP contribution in [0, 0.1) is 6.92 Å². The monoisotopic (exact) mass is 308 g/mol. The fourth-order valence-corrected chi connectivity index (χ4v) is 4.30. The van der Waals surface area contributed by atoms with E-state index < -0.39 is 0 Å². The third-order valence-corrected chi connectivity index (χ3v) is 5.09. The molecule has 1 nitrogen and oxygen atoms in total. The van der Waals surface area contributed by atoms with Crippen LogP contribution in [-0.2, 0) is 6.42 Å². The second kappa shape index (κ2) is 4.23. The van der Waals surface area contributed by atoms with E-state index in [1.165, 1.54) is 16.0 Å². The average molecular weight is 309 g/mol. The van der Waals surface area contributed by atoms with E-state index in [1.807, 2.05) is 12.1 Å². The van der Waals surface area contributed by atoms with Crippen LogP contribution >= 0.6 is 27.3 Å². The first-order valence-electron chi connectivity index (χ1n) is 5.68. The lowest BCUT2D eigenvalue weighted by atomic mass is 9.73. The molecule has 88 valence electrons. The highest BCUT2D eigenvalue weighted by molar-refractivity contribution is 9.11. The van der Waals surface area contributed by atoms with Crippen molar-refractivity contribution in [1.29, 1.82) is 0 Å². The molecular weight excluding hydrogens is 296 g/mol.